The molecule has 2 aromatic heterocycles. The number of fused-ring (bicyclic) bond motifs is 1. The first-order valence-corrected chi connectivity index (χ1v) is 9.04. The Morgan fingerprint density at radius 3 is 3.16 bits per heavy atom. The molecule has 4 rings (SSSR count). The molecule has 25 heavy (non-hydrogen) atoms. The molecule has 0 aliphatic carbocycles. The lowest BCUT2D eigenvalue weighted by atomic mass is 10.1. The normalized spacial score (nSPS) is 13.2. The number of aryl methyl sites for hydroxylation is 2. The Morgan fingerprint density at radius 1 is 1.44 bits per heavy atom. The van der Waals surface area contributed by atoms with Crippen molar-refractivity contribution in [1.82, 2.24) is 14.8 Å². The number of benzene rings is 1. The number of thiazole rings is 1. The van der Waals surface area contributed by atoms with Gasteiger partial charge in [0.15, 0.2) is 5.13 Å². The molecule has 8 heteroatoms. The van der Waals surface area contributed by atoms with E-state index in [4.69, 9.17) is 16.3 Å². The molecule has 1 aliphatic rings. The van der Waals surface area contributed by atoms with Crippen molar-refractivity contribution in [1.29, 1.82) is 0 Å². The van der Waals surface area contributed by atoms with Crippen LogP contribution in [0.25, 0.3) is 11.3 Å². The van der Waals surface area contributed by atoms with Crippen LogP contribution in [-0.4, -0.2) is 27.3 Å². The summed E-state index contributed by atoms with van der Waals surface area (Å²) in [6, 6.07) is 7.50. The topological polar surface area (TPSA) is 69.0 Å². The van der Waals surface area contributed by atoms with Crippen molar-refractivity contribution in [3.8, 4) is 17.1 Å². The van der Waals surface area contributed by atoms with E-state index in [0.717, 1.165) is 29.1 Å². The van der Waals surface area contributed by atoms with E-state index in [1.165, 1.54) is 17.5 Å². The van der Waals surface area contributed by atoms with Crippen LogP contribution in [0, 0.1) is 6.92 Å². The summed E-state index contributed by atoms with van der Waals surface area (Å²) in [4.78, 5) is 18.1. The quantitative estimate of drug-likeness (QED) is 0.752. The molecule has 1 aromatic carbocycles. The van der Waals surface area contributed by atoms with E-state index in [1.54, 1.807) is 4.68 Å². The molecule has 1 N–H and O–H groups in total. The van der Waals surface area contributed by atoms with Gasteiger partial charge in [0.1, 0.15) is 5.56 Å². The Balaban J connectivity index is 1.58. The molecule has 0 spiro atoms. The van der Waals surface area contributed by atoms with Crippen LogP contribution in [0.15, 0.2) is 30.5 Å². The lowest BCUT2D eigenvalue weighted by Crippen LogP contribution is -2.18. The van der Waals surface area contributed by atoms with Gasteiger partial charge in [-0.3, -0.25) is 10.1 Å². The summed E-state index contributed by atoms with van der Waals surface area (Å²) in [6.45, 7) is 3.33. The maximum absolute atomic E-state index is 12.6. The number of nitrogens with zero attached hydrogens (tertiary/aromatic N) is 3. The molecule has 0 unspecified atom stereocenters. The van der Waals surface area contributed by atoms with Crippen LogP contribution in [-0.2, 0) is 6.54 Å². The van der Waals surface area contributed by atoms with Crippen LogP contribution < -0.4 is 10.1 Å². The van der Waals surface area contributed by atoms with Gasteiger partial charge >= 0.3 is 0 Å². The highest BCUT2D eigenvalue weighted by atomic mass is 35.5. The average molecular weight is 375 g/mol. The largest absolute Gasteiger partial charge is 0.477 e. The molecule has 1 amide bonds. The summed E-state index contributed by atoms with van der Waals surface area (Å²) in [5, 5.41) is 8.23. The molecule has 0 radical (unpaired) electrons. The number of carbonyl (C=O) groups excluding carboxylic acids is 1. The second kappa shape index (κ2) is 6.50. The molecule has 1 aliphatic heterocycles. The van der Waals surface area contributed by atoms with Gasteiger partial charge in [0, 0.05) is 28.4 Å². The molecule has 128 valence electrons. The number of hydrogen-bond donors (Lipinski definition) is 1. The third-order valence-corrected chi connectivity index (χ3v) is 5.03. The minimum Gasteiger partial charge on any atom is -0.477 e. The predicted molar refractivity (Wildman–Crippen MR) is 97.6 cm³/mol. The summed E-state index contributed by atoms with van der Waals surface area (Å²) >= 11 is 7.48. The Hall–Kier alpha value is -2.38. The summed E-state index contributed by atoms with van der Waals surface area (Å²) in [6.07, 6.45) is 2.43. The number of amides is 1. The van der Waals surface area contributed by atoms with Gasteiger partial charge in [-0.1, -0.05) is 23.7 Å². The van der Waals surface area contributed by atoms with Gasteiger partial charge < -0.3 is 4.74 Å². The number of rotatable bonds is 3. The summed E-state index contributed by atoms with van der Waals surface area (Å²) in [5.41, 5.74) is 2.17. The number of aromatic nitrogens is 3. The molecule has 3 aromatic rings. The number of anilines is 1. The lowest BCUT2D eigenvalue weighted by Gasteiger charge is -2.15. The van der Waals surface area contributed by atoms with E-state index in [9.17, 15) is 4.79 Å². The number of nitrogens with one attached hydrogen (secondary N) is 1. The van der Waals surface area contributed by atoms with Crippen molar-refractivity contribution in [3.63, 3.8) is 0 Å². The summed E-state index contributed by atoms with van der Waals surface area (Å²) < 4.78 is 7.28. The Kier molecular flexibility index (Phi) is 4.19. The van der Waals surface area contributed by atoms with E-state index >= 15 is 0 Å². The highest BCUT2D eigenvalue weighted by Crippen LogP contribution is 2.32. The predicted octanol–water partition coefficient (Wildman–Crippen LogP) is 4.00. The first-order chi connectivity index (χ1) is 12.1. The van der Waals surface area contributed by atoms with Crippen LogP contribution >= 0.6 is 22.9 Å². The van der Waals surface area contributed by atoms with Gasteiger partial charge in [0.2, 0.25) is 5.88 Å². The summed E-state index contributed by atoms with van der Waals surface area (Å²) in [7, 11) is 0. The van der Waals surface area contributed by atoms with Crippen molar-refractivity contribution in [3.05, 3.63) is 45.9 Å². The minimum absolute atomic E-state index is 0.269. The molecule has 0 saturated heterocycles. The molecule has 0 bridgehead atoms. The molecule has 6 nitrogen and oxygen atoms in total. The first-order valence-electron chi connectivity index (χ1n) is 7.85. The number of hydrogen-bond acceptors (Lipinski definition) is 5. The fourth-order valence-electron chi connectivity index (χ4n) is 2.74. The monoisotopic (exact) mass is 374 g/mol. The lowest BCUT2D eigenvalue weighted by molar-refractivity contribution is 0.102. The highest BCUT2D eigenvalue weighted by molar-refractivity contribution is 7.16. The average Bonchev–Trinajstić information content (AvgIpc) is 3.18. The molecule has 0 saturated carbocycles. The second-order valence-electron chi connectivity index (χ2n) is 5.68. The van der Waals surface area contributed by atoms with Crippen molar-refractivity contribution in [2.75, 3.05) is 11.9 Å². The third-order valence-electron chi connectivity index (χ3n) is 3.90. The zero-order chi connectivity index (χ0) is 17.4. The Bertz CT molecular complexity index is 950. The minimum atomic E-state index is -0.269. The van der Waals surface area contributed by atoms with E-state index in [2.05, 4.69) is 15.4 Å². The zero-order valence-corrected chi connectivity index (χ0v) is 15.0. The standard InChI is InChI=1S/C17H15ClN4O2S/c1-10-14(11-4-2-5-12(18)8-11)20-17(25-10)21-15(23)13-9-19-22-6-3-7-24-16(13)22/h2,4-5,8-9H,3,6-7H2,1H3,(H,20,21,23). The van der Waals surface area contributed by atoms with Gasteiger partial charge in [-0.15, -0.1) is 11.3 Å². The Labute approximate surface area is 153 Å². The zero-order valence-electron chi connectivity index (χ0n) is 13.5. The third kappa shape index (κ3) is 3.12. The van der Waals surface area contributed by atoms with Crippen LogP contribution in [0.3, 0.4) is 0 Å². The molecule has 0 atom stereocenters. The van der Waals surface area contributed by atoms with Crippen LogP contribution in [0.4, 0.5) is 5.13 Å². The van der Waals surface area contributed by atoms with Crippen LogP contribution in [0.1, 0.15) is 21.7 Å². The maximum Gasteiger partial charge on any atom is 0.264 e. The van der Waals surface area contributed by atoms with Crippen LogP contribution in [0.2, 0.25) is 5.02 Å². The molecular formula is C17H15ClN4O2S. The van der Waals surface area contributed by atoms with Gasteiger partial charge in [-0.25, -0.2) is 9.67 Å². The van der Waals surface area contributed by atoms with Crippen molar-refractivity contribution < 1.29 is 9.53 Å². The van der Waals surface area contributed by atoms with Gasteiger partial charge in [-0.05, 0) is 19.1 Å². The van der Waals surface area contributed by atoms with Crippen molar-refractivity contribution >= 4 is 34.0 Å². The SMILES string of the molecule is Cc1sc(NC(=O)c2cnn3c2OCCC3)nc1-c1cccc(Cl)c1. The van der Waals surface area contributed by atoms with E-state index in [-0.39, 0.29) is 5.91 Å². The van der Waals surface area contributed by atoms with E-state index in [1.807, 2.05) is 31.2 Å². The number of carbonyl (C=O) groups is 1. The maximum atomic E-state index is 12.6. The van der Waals surface area contributed by atoms with Crippen molar-refractivity contribution in [2.45, 2.75) is 19.9 Å². The van der Waals surface area contributed by atoms with Gasteiger partial charge in [0.05, 0.1) is 18.5 Å². The molecular weight excluding hydrogens is 360 g/mol. The first kappa shape index (κ1) is 16.1. The van der Waals surface area contributed by atoms with Gasteiger partial charge in [-0.2, -0.15) is 5.10 Å². The van der Waals surface area contributed by atoms with E-state index < -0.39 is 0 Å². The Morgan fingerprint density at radius 2 is 2.32 bits per heavy atom. The van der Waals surface area contributed by atoms with Crippen molar-refractivity contribution in [2.24, 2.45) is 0 Å². The number of halogens is 1. The fourth-order valence-corrected chi connectivity index (χ4v) is 3.76. The number of ether oxygens (including phenoxy) is 1. The second-order valence-corrected chi connectivity index (χ2v) is 7.32. The van der Waals surface area contributed by atoms with Gasteiger partial charge in [0.25, 0.3) is 5.91 Å². The van der Waals surface area contributed by atoms with E-state index in [0.29, 0.717) is 28.2 Å². The smallest absolute Gasteiger partial charge is 0.264 e. The summed E-state index contributed by atoms with van der Waals surface area (Å²) in [5.74, 6) is 0.252. The molecule has 0 fully saturated rings. The molecule has 3 heterocycles. The highest BCUT2D eigenvalue weighted by Gasteiger charge is 2.22. The fraction of sp³-hybridized carbons (Fsp3) is 0.235. The van der Waals surface area contributed by atoms with Crippen LogP contribution in [0.5, 0.6) is 5.88 Å².